The number of rotatable bonds is 2. The van der Waals surface area contributed by atoms with E-state index in [-0.39, 0.29) is 17.2 Å². The average Bonchev–Trinajstić information content (AvgIpc) is 2.47. The smallest absolute Gasteiger partial charge is 0.123 e. The second kappa shape index (κ2) is 5.68. The van der Waals surface area contributed by atoms with E-state index in [1.807, 2.05) is 12.1 Å². The van der Waals surface area contributed by atoms with Crippen LogP contribution >= 0.6 is 0 Å². The number of phenolic OH excluding ortho intramolecular Hbond substituents is 3. The van der Waals surface area contributed by atoms with E-state index < -0.39 is 0 Å². The van der Waals surface area contributed by atoms with Gasteiger partial charge in [0.1, 0.15) is 17.2 Å². The highest BCUT2D eigenvalue weighted by Crippen LogP contribution is 2.39. The van der Waals surface area contributed by atoms with Crippen LogP contribution in [0.1, 0.15) is 43.6 Å². The van der Waals surface area contributed by atoms with Crippen molar-refractivity contribution < 1.29 is 15.3 Å². The van der Waals surface area contributed by atoms with E-state index in [2.05, 4.69) is 0 Å². The van der Waals surface area contributed by atoms with Gasteiger partial charge in [-0.1, -0.05) is 25.3 Å². The predicted molar refractivity (Wildman–Crippen MR) is 82.7 cm³/mol. The molecule has 0 saturated heterocycles. The van der Waals surface area contributed by atoms with Crippen LogP contribution in [0.2, 0.25) is 0 Å². The summed E-state index contributed by atoms with van der Waals surface area (Å²) in [6.45, 7) is 0. The summed E-state index contributed by atoms with van der Waals surface area (Å²) in [5.74, 6) is 0.698. The topological polar surface area (TPSA) is 60.7 Å². The van der Waals surface area contributed by atoms with Crippen molar-refractivity contribution in [3.8, 4) is 28.4 Å². The fourth-order valence-corrected chi connectivity index (χ4v) is 3.23. The lowest BCUT2D eigenvalue weighted by atomic mass is 9.83. The van der Waals surface area contributed by atoms with Crippen molar-refractivity contribution in [2.45, 2.75) is 38.0 Å². The van der Waals surface area contributed by atoms with Crippen molar-refractivity contribution >= 4 is 0 Å². The van der Waals surface area contributed by atoms with E-state index in [1.54, 1.807) is 18.2 Å². The maximum Gasteiger partial charge on any atom is 0.123 e. The zero-order chi connectivity index (χ0) is 14.8. The Labute approximate surface area is 124 Å². The first-order chi connectivity index (χ1) is 10.1. The Kier molecular flexibility index (Phi) is 3.74. The normalized spacial score (nSPS) is 16.0. The van der Waals surface area contributed by atoms with Crippen LogP contribution in [0, 0.1) is 0 Å². The summed E-state index contributed by atoms with van der Waals surface area (Å²) in [6.07, 6.45) is 6.20. The first kappa shape index (κ1) is 13.8. The van der Waals surface area contributed by atoms with Gasteiger partial charge in [-0.05, 0) is 54.2 Å². The van der Waals surface area contributed by atoms with Crippen molar-refractivity contribution in [3.05, 3.63) is 42.0 Å². The molecule has 0 bridgehead atoms. The fraction of sp³-hybridized carbons (Fsp3) is 0.333. The molecule has 1 aliphatic rings. The summed E-state index contributed by atoms with van der Waals surface area (Å²) in [5.41, 5.74) is 2.51. The van der Waals surface area contributed by atoms with E-state index >= 15 is 0 Å². The van der Waals surface area contributed by atoms with Crippen LogP contribution in [-0.2, 0) is 0 Å². The van der Waals surface area contributed by atoms with Crippen LogP contribution in [0.4, 0.5) is 0 Å². The number of aromatic hydroxyl groups is 3. The molecule has 0 aromatic heterocycles. The van der Waals surface area contributed by atoms with E-state index in [4.69, 9.17) is 0 Å². The molecular formula is C18H20O3. The van der Waals surface area contributed by atoms with Gasteiger partial charge in [0.25, 0.3) is 0 Å². The van der Waals surface area contributed by atoms with Gasteiger partial charge in [0.2, 0.25) is 0 Å². The minimum absolute atomic E-state index is 0.00697. The summed E-state index contributed by atoms with van der Waals surface area (Å²) in [5, 5.41) is 29.4. The van der Waals surface area contributed by atoms with Gasteiger partial charge in [-0.25, -0.2) is 0 Å². The highest BCUT2D eigenvalue weighted by Gasteiger charge is 2.17. The monoisotopic (exact) mass is 284 g/mol. The zero-order valence-electron chi connectivity index (χ0n) is 11.9. The van der Waals surface area contributed by atoms with Gasteiger partial charge in [0, 0.05) is 11.6 Å². The van der Waals surface area contributed by atoms with Gasteiger partial charge in [-0.3, -0.25) is 0 Å². The van der Waals surface area contributed by atoms with Crippen molar-refractivity contribution in [1.82, 2.24) is 0 Å². The van der Waals surface area contributed by atoms with Gasteiger partial charge in [0.15, 0.2) is 0 Å². The van der Waals surface area contributed by atoms with Crippen LogP contribution < -0.4 is 0 Å². The highest BCUT2D eigenvalue weighted by molar-refractivity contribution is 5.73. The molecule has 3 nitrogen and oxygen atoms in total. The number of phenols is 3. The molecule has 21 heavy (non-hydrogen) atoms. The molecule has 0 heterocycles. The highest BCUT2D eigenvalue weighted by atomic mass is 16.3. The molecule has 0 amide bonds. The number of hydrogen-bond donors (Lipinski definition) is 3. The van der Waals surface area contributed by atoms with E-state index in [9.17, 15) is 15.3 Å². The molecule has 1 saturated carbocycles. The van der Waals surface area contributed by atoms with E-state index in [1.165, 1.54) is 43.7 Å². The van der Waals surface area contributed by atoms with E-state index in [0.29, 0.717) is 17.0 Å². The van der Waals surface area contributed by atoms with Gasteiger partial charge >= 0.3 is 0 Å². The van der Waals surface area contributed by atoms with Crippen LogP contribution in [0.3, 0.4) is 0 Å². The average molecular weight is 284 g/mol. The van der Waals surface area contributed by atoms with Crippen molar-refractivity contribution in [2.24, 2.45) is 0 Å². The molecular weight excluding hydrogens is 264 g/mol. The number of hydrogen-bond acceptors (Lipinski definition) is 3. The summed E-state index contributed by atoms with van der Waals surface area (Å²) in [4.78, 5) is 0. The minimum Gasteiger partial charge on any atom is -0.508 e. The van der Waals surface area contributed by atoms with Gasteiger partial charge in [-0.2, -0.15) is 0 Å². The Morgan fingerprint density at radius 1 is 0.762 bits per heavy atom. The molecule has 1 aliphatic carbocycles. The molecule has 2 aromatic carbocycles. The molecule has 3 rings (SSSR count). The van der Waals surface area contributed by atoms with Gasteiger partial charge in [0.05, 0.1) is 0 Å². The standard InChI is InChI=1S/C18H20O3/c19-15-8-14(9-16(20)11-15)17-10-13(6-7-18(17)21)12-4-2-1-3-5-12/h6-12,19-21H,1-5H2. The molecule has 2 aromatic rings. The Hall–Kier alpha value is -2.16. The van der Waals surface area contributed by atoms with Crippen LogP contribution in [0.5, 0.6) is 17.2 Å². The molecule has 110 valence electrons. The Bertz CT molecular complexity index is 623. The summed E-state index contributed by atoms with van der Waals surface area (Å²) >= 11 is 0. The maximum absolute atomic E-state index is 10.1. The third-order valence-electron chi connectivity index (χ3n) is 4.31. The second-order valence-electron chi connectivity index (χ2n) is 5.85. The molecule has 3 N–H and O–H groups in total. The lowest BCUT2D eigenvalue weighted by Crippen LogP contribution is -2.04. The molecule has 0 aliphatic heterocycles. The SMILES string of the molecule is Oc1cc(O)cc(-c2cc(C3CCCCC3)ccc2O)c1. The maximum atomic E-state index is 10.1. The Balaban J connectivity index is 2.01. The van der Waals surface area contributed by atoms with Crippen molar-refractivity contribution in [2.75, 3.05) is 0 Å². The molecule has 3 heteroatoms. The van der Waals surface area contributed by atoms with Gasteiger partial charge < -0.3 is 15.3 Å². The lowest BCUT2D eigenvalue weighted by Gasteiger charge is -2.22. The molecule has 0 unspecified atom stereocenters. The summed E-state index contributed by atoms with van der Waals surface area (Å²) < 4.78 is 0. The van der Waals surface area contributed by atoms with Crippen molar-refractivity contribution in [3.63, 3.8) is 0 Å². The Morgan fingerprint density at radius 3 is 2.10 bits per heavy atom. The van der Waals surface area contributed by atoms with Crippen LogP contribution in [0.15, 0.2) is 36.4 Å². The first-order valence-electron chi connectivity index (χ1n) is 7.50. The molecule has 1 fully saturated rings. The van der Waals surface area contributed by atoms with Crippen LogP contribution in [-0.4, -0.2) is 15.3 Å². The van der Waals surface area contributed by atoms with Crippen LogP contribution in [0.25, 0.3) is 11.1 Å². The zero-order valence-corrected chi connectivity index (χ0v) is 11.9. The molecule has 0 atom stereocenters. The molecule has 0 radical (unpaired) electrons. The quantitative estimate of drug-likeness (QED) is 0.760. The molecule has 0 spiro atoms. The first-order valence-corrected chi connectivity index (χ1v) is 7.50. The lowest BCUT2D eigenvalue weighted by molar-refractivity contribution is 0.442. The van der Waals surface area contributed by atoms with E-state index in [0.717, 1.165) is 0 Å². The second-order valence-corrected chi connectivity index (χ2v) is 5.85. The largest absolute Gasteiger partial charge is 0.508 e. The third kappa shape index (κ3) is 2.97. The predicted octanol–water partition coefficient (Wildman–Crippen LogP) is 4.52. The Morgan fingerprint density at radius 2 is 1.43 bits per heavy atom. The summed E-state index contributed by atoms with van der Waals surface area (Å²) in [7, 11) is 0. The third-order valence-corrected chi connectivity index (χ3v) is 4.31. The number of benzene rings is 2. The fourth-order valence-electron chi connectivity index (χ4n) is 3.23. The minimum atomic E-state index is -0.00697. The summed E-state index contributed by atoms with van der Waals surface area (Å²) in [6, 6.07) is 10.1. The van der Waals surface area contributed by atoms with Gasteiger partial charge in [-0.15, -0.1) is 0 Å². The van der Waals surface area contributed by atoms with Crippen molar-refractivity contribution in [1.29, 1.82) is 0 Å².